The van der Waals surface area contributed by atoms with Gasteiger partial charge in [0.25, 0.3) is 6.33 Å². The van der Waals surface area contributed by atoms with Crippen molar-refractivity contribution >= 4 is 16.7 Å². The molecule has 1 N–H and O–H groups in total. The summed E-state index contributed by atoms with van der Waals surface area (Å²) in [7, 11) is 0. The number of aromatic amines is 1. The standard InChI is InChI=1S/C19H15N7O/c1-13-7-9-14(10-8-13)11-24-17-16(20-23-24)18-21-25(12-26(18)22-19(17)27)15-5-3-2-4-6-15/h2-10,12H,11H2,1H3/p+1. The van der Waals surface area contributed by atoms with Gasteiger partial charge in [0, 0.05) is 0 Å². The Morgan fingerprint density at radius 2 is 1.85 bits per heavy atom. The van der Waals surface area contributed by atoms with Crippen LogP contribution in [0.25, 0.3) is 22.4 Å². The summed E-state index contributed by atoms with van der Waals surface area (Å²) < 4.78 is 4.88. The van der Waals surface area contributed by atoms with Gasteiger partial charge in [-0.3, -0.25) is 4.79 Å². The predicted octanol–water partition coefficient (Wildman–Crippen LogP) is 1.40. The highest BCUT2D eigenvalue weighted by Crippen LogP contribution is 2.13. The van der Waals surface area contributed by atoms with Gasteiger partial charge >= 0.3 is 11.2 Å². The Hall–Kier alpha value is -3.81. The van der Waals surface area contributed by atoms with Crippen molar-refractivity contribution in [1.82, 2.24) is 29.7 Å². The number of hydrogen-bond donors (Lipinski definition) is 1. The molecular weight excluding hydrogens is 342 g/mol. The largest absolute Gasteiger partial charge is 0.314 e. The number of fused-ring (bicyclic) bond motifs is 3. The van der Waals surface area contributed by atoms with Gasteiger partial charge < -0.3 is 0 Å². The average molecular weight is 358 g/mol. The van der Waals surface area contributed by atoms with Crippen molar-refractivity contribution < 1.29 is 4.68 Å². The molecule has 2 aromatic carbocycles. The minimum absolute atomic E-state index is 0.257. The molecule has 0 fully saturated rings. The van der Waals surface area contributed by atoms with Crippen LogP contribution in [0.4, 0.5) is 0 Å². The predicted molar refractivity (Wildman–Crippen MR) is 98.7 cm³/mol. The van der Waals surface area contributed by atoms with Crippen LogP contribution in [-0.2, 0) is 6.54 Å². The fourth-order valence-corrected chi connectivity index (χ4v) is 3.12. The minimum Gasteiger partial charge on any atom is -0.264 e. The molecule has 0 atom stereocenters. The lowest BCUT2D eigenvalue weighted by molar-refractivity contribution is -0.655. The first-order valence-electron chi connectivity index (χ1n) is 8.56. The van der Waals surface area contributed by atoms with E-state index in [-0.39, 0.29) is 5.56 Å². The van der Waals surface area contributed by atoms with Gasteiger partial charge in [-0.05, 0) is 29.7 Å². The van der Waals surface area contributed by atoms with Crippen LogP contribution in [0.5, 0.6) is 0 Å². The first-order valence-corrected chi connectivity index (χ1v) is 8.56. The van der Waals surface area contributed by atoms with Crippen LogP contribution in [0.1, 0.15) is 11.1 Å². The molecule has 0 amide bonds. The maximum atomic E-state index is 12.7. The SMILES string of the molecule is Cc1ccc(Cn2nnc3c2c(=O)[nH]n2c[n+](-c4ccccc4)nc32)cc1. The quantitative estimate of drug-likeness (QED) is 0.494. The van der Waals surface area contributed by atoms with E-state index in [1.54, 1.807) is 20.2 Å². The van der Waals surface area contributed by atoms with Crippen LogP contribution in [0.15, 0.2) is 65.7 Å². The first kappa shape index (κ1) is 15.4. The molecule has 0 aliphatic rings. The topological polar surface area (TPSA) is 84.8 Å². The number of nitrogens with one attached hydrogen (secondary N) is 1. The molecule has 132 valence electrons. The second kappa shape index (κ2) is 5.87. The van der Waals surface area contributed by atoms with Crippen molar-refractivity contribution in [2.24, 2.45) is 0 Å². The van der Waals surface area contributed by atoms with E-state index in [0.717, 1.165) is 11.3 Å². The zero-order chi connectivity index (χ0) is 18.4. The van der Waals surface area contributed by atoms with Crippen molar-refractivity contribution in [2.45, 2.75) is 13.5 Å². The molecule has 8 nitrogen and oxygen atoms in total. The van der Waals surface area contributed by atoms with Gasteiger partial charge in [-0.1, -0.05) is 62.4 Å². The molecule has 8 heteroatoms. The molecule has 0 saturated heterocycles. The van der Waals surface area contributed by atoms with Crippen molar-refractivity contribution in [3.8, 4) is 5.69 Å². The third-order valence-electron chi connectivity index (χ3n) is 4.51. The number of aromatic nitrogens is 7. The maximum Gasteiger partial charge on any atom is 0.314 e. The summed E-state index contributed by atoms with van der Waals surface area (Å²) in [5.41, 5.74) is 4.30. The Morgan fingerprint density at radius 1 is 1.07 bits per heavy atom. The first-order chi connectivity index (χ1) is 13.2. The van der Waals surface area contributed by atoms with Gasteiger partial charge in [0.15, 0.2) is 16.7 Å². The van der Waals surface area contributed by atoms with Gasteiger partial charge in [-0.25, -0.2) is 4.68 Å². The Balaban J connectivity index is 1.66. The molecule has 0 spiro atoms. The Morgan fingerprint density at radius 3 is 2.63 bits per heavy atom. The summed E-state index contributed by atoms with van der Waals surface area (Å²) in [5, 5.41) is 15.8. The van der Waals surface area contributed by atoms with Crippen LogP contribution in [0.2, 0.25) is 0 Å². The Kier molecular flexibility index (Phi) is 3.36. The molecule has 0 aliphatic heterocycles. The normalized spacial score (nSPS) is 11.4. The average Bonchev–Trinajstić information content (AvgIpc) is 3.29. The monoisotopic (exact) mass is 358 g/mol. The van der Waals surface area contributed by atoms with E-state index in [4.69, 9.17) is 0 Å². The van der Waals surface area contributed by atoms with Crippen molar-refractivity contribution in [2.75, 3.05) is 0 Å². The van der Waals surface area contributed by atoms with E-state index < -0.39 is 0 Å². The van der Waals surface area contributed by atoms with Gasteiger partial charge in [-0.15, -0.1) is 5.10 Å². The van der Waals surface area contributed by atoms with Crippen LogP contribution in [0.3, 0.4) is 0 Å². The number of para-hydroxylation sites is 1. The zero-order valence-corrected chi connectivity index (χ0v) is 14.6. The lowest BCUT2D eigenvalue weighted by Crippen LogP contribution is -2.31. The third-order valence-corrected chi connectivity index (χ3v) is 4.51. The molecule has 0 saturated carbocycles. The smallest absolute Gasteiger partial charge is 0.264 e. The van der Waals surface area contributed by atoms with Crippen molar-refractivity contribution in [3.63, 3.8) is 0 Å². The van der Waals surface area contributed by atoms with E-state index in [0.29, 0.717) is 23.2 Å². The van der Waals surface area contributed by atoms with Crippen molar-refractivity contribution in [3.05, 3.63) is 82.4 Å². The van der Waals surface area contributed by atoms with Crippen LogP contribution < -0.4 is 10.2 Å². The summed E-state index contributed by atoms with van der Waals surface area (Å²) in [4.78, 5) is 12.7. The molecule has 0 bridgehead atoms. The van der Waals surface area contributed by atoms with E-state index in [1.807, 2.05) is 61.5 Å². The van der Waals surface area contributed by atoms with E-state index in [9.17, 15) is 4.79 Å². The Bertz CT molecular complexity index is 1310. The minimum atomic E-state index is -0.257. The molecule has 5 aromatic rings. The van der Waals surface area contributed by atoms with Gasteiger partial charge in [-0.2, -0.15) is 5.10 Å². The highest BCUT2D eigenvalue weighted by Gasteiger charge is 2.21. The molecular formula is C19H16N7O+. The second-order valence-corrected chi connectivity index (χ2v) is 6.46. The Labute approximate surface area is 153 Å². The second-order valence-electron chi connectivity index (χ2n) is 6.46. The summed E-state index contributed by atoms with van der Waals surface area (Å²) in [6, 6.07) is 17.8. The zero-order valence-electron chi connectivity index (χ0n) is 14.6. The molecule has 3 heterocycles. The van der Waals surface area contributed by atoms with Gasteiger partial charge in [0.1, 0.15) is 0 Å². The molecule has 3 aromatic heterocycles. The third kappa shape index (κ3) is 2.58. The number of nitrogens with zero attached hydrogens (tertiary/aromatic N) is 6. The lowest BCUT2D eigenvalue weighted by Gasteiger charge is -2.02. The number of rotatable bonds is 3. The van der Waals surface area contributed by atoms with Gasteiger partial charge in [0.05, 0.1) is 6.54 Å². The molecule has 27 heavy (non-hydrogen) atoms. The number of benzene rings is 2. The molecule has 0 unspecified atom stereocenters. The summed E-state index contributed by atoms with van der Waals surface area (Å²) >= 11 is 0. The number of H-pyrrole nitrogens is 1. The fraction of sp³-hybridized carbons (Fsp3) is 0.105. The maximum absolute atomic E-state index is 12.7. The van der Waals surface area contributed by atoms with Crippen LogP contribution in [-0.4, -0.2) is 29.7 Å². The van der Waals surface area contributed by atoms with Crippen molar-refractivity contribution in [1.29, 1.82) is 0 Å². The molecule has 5 rings (SSSR count). The van der Waals surface area contributed by atoms with Gasteiger partial charge in [0.2, 0.25) is 0 Å². The molecule has 0 radical (unpaired) electrons. The summed E-state index contributed by atoms with van der Waals surface area (Å²) in [5.74, 6) is 0. The highest BCUT2D eigenvalue weighted by atomic mass is 16.1. The van der Waals surface area contributed by atoms with E-state index in [2.05, 4.69) is 20.5 Å². The summed E-state index contributed by atoms with van der Waals surface area (Å²) in [6.07, 6.45) is 1.71. The number of aryl methyl sites for hydroxylation is 1. The number of hydrogen-bond acceptors (Lipinski definition) is 4. The van der Waals surface area contributed by atoms with Crippen LogP contribution in [0, 0.1) is 6.92 Å². The fourth-order valence-electron chi connectivity index (χ4n) is 3.12. The van der Waals surface area contributed by atoms with E-state index in [1.165, 1.54) is 5.56 Å². The lowest BCUT2D eigenvalue weighted by atomic mass is 10.1. The van der Waals surface area contributed by atoms with Crippen LogP contribution >= 0.6 is 0 Å². The van der Waals surface area contributed by atoms with E-state index >= 15 is 0 Å². The summed E-state index contributed by atoms with van der Waals surface area (Å²) in [6.45, 7) is 2.51. The highest BCUT2D eigenvalue weighted by molar-refractivity contribution is 5.85. The molecule has 0 aliphatic carbocycles.